The van der Waals surface area contributed by atoms with Gasteiger partial charge in [-0.25, -0.2) is 9.38 Å². The van der Waals surface area contributed by atoms with Gasteiger partial charge in [-0.05, 0) is 53.9 Å². The maximum Gasteiger partial charge on any atom is 0.234 e. The summed E-state index contributed by atoms with van der Waals surface area (Å²) >= 11 is 1.26. The lowest BCUT2D eigenvalue weighted by atomic mass is 10.1. The van der Waals surface area contributed by atoms with Gasteiger partial charge in [0.15, 0.2) is 5.17 Å². The number of benzene rings is 3. The molecule has 180 valence electrons. The van der Waals surface area contributed by atoms with Crippen LogP contribution in [0.5, 0.6) is 5.75 Å². The fraction of sp³-hybridized carbons (Fsp3) is 0.222. The lowest BCUT2D eigenvalue weighted by Crippen LogP contribution is -2.46. The molecule has 0 aliphatic carbocycles. The number of amides is 2. The summed E-state index contributed by atoms with van der Waals surface area (Å²) in [5.74, 6) is -0.0423. The number of aliphatic imine (C=N–C) groups is 1. The third-order valence-corrected chi connectivity index (χ3v) is 6.73. The quantitative estimate of drug-likeness (QED) is 0.495. The number of hydrogen-bond acceptors (Lipinski definition) is 5. The van der Waals surface area contributed by atoms with Gasteiger partial charge in [-0.2, -0.15) is 0 Å². The van der Waals surface area contributed by atoms with Crippen LogP contribution in [0.4, 0.5) is 10.1 Å². The number of nitrogens with zero attached hydrogens (tertiary/aromatic N) is 2. The minimum Gasteiger partial charge on any atom is -0.497 e. The summed E-state index contributed by atoms with van der Waals surface area (Å²) in [7, 11) is 1.59. The lowest BCUT2D eigenvalue weighted by Gasteiger charge is -2.32. The van der Waals surface area contributed by atoms with E-state index in [1.165, 1.54) is 23.9 Å². The van der Waals surface area contributed by atoms with Crippen molar-refractivity contribution in [2.75, 3.05) is 13.7 Å². The predicted octanol–water partition coefficient (Wildman–Crippen LogP) is 4.72. The zero-order valence-electron chi connectivity index (χ0n) is 19.3. The smallest absolute Gasteiger partial charge is 0.234 e. The SMILES string of the molecule is COc1ccc(N=C2SC(C(=O)NCCc3ccccc3)CC(=O)N2Cc2ccc(F)cc2)cc1. The summed E-state index contributed by atoms with van der Waals surface area (Å²) in [6.45, 7) is 0.724. The van der Waals surface area contributed by atoms with Gasteiger partial charge in [0.05, 0.1) is 24.6 Å². The fourth-order valence-electron chi connectivity index (χ4n) is 3.62. The molecule has 0 aromatic heterocycles. The van der Waals surface area contributed by atoms with Crippen molar-refractivity contribution in [1.29, 1.82) is 0 Å². The molecular formula is C27H26FN3O3S. The van der Waals surface area contributed by atoms with E-state index in [0.29, 0.717) is 29.6 Å². The van der Waals surface area contributed by atoms with Crippen molar-refractivity contribution in [3.63, 3.8) is 0 Å². The van der Waals surface area contributed by atoms with Gasteiger partial charge in [-0.3, -0.25) is 14.5 Å². The Balaban J connectivity index is 1.50. The third kappa shape index (κ3) is 6.70. The van der Waals surface area contributed by atoms with Crippen LogP contribution in [0.25, 0.3) is 0 Å². The minimum atomic E-state index is -0.584. The van der Waals surface area contributed by atoms with Gasteiger partial charge in [0.1, 0.15) is 11.6 Å². The molecule has 3 aromatic rings. The monoisotopic (exact) mass is 491 g/mol. The van der Waals surface area contributed by atoms with E-state index in [2.05, 4.69) is 10.3 Å². The van der Waals surface area contributed by atoms with Gasteiger partial charge in [-0.1, -0.05) is 54.2 Å². The normalized spacial score (nSPS) is 16.9. The molecule has 1 aliphatic rings. The van der Waals surface area contributed by atoms with Crippen LogP contribution in [0.15, 0.2) is 83.9 Å². The Morgan fingerprint density at radius 2 is 1.77 bits per heavy atom. The Kier molecular flexibility index (Phi) is 8.15. The number of nitrogens with one attached hydrogen (secondary N) is 1. The molecule has 0 spiro atoms. The van der Waals surface area contributed by atoms with Crippen molar-refractivity contribution in [3.05, 3.63) is 95.8 Å². The number of thioether (sulfide) groups is 1. The molecule has 1 N–H and O–H groups in total. The molecule has 4 rings (SSSR count). The minimum absolute atomic E-state index is 0.0602. The number of ether oxygens (including phenoxy) is 1. The maximum absolute atomic E-state index is 13.4. The lowest BCUT2D eigenvalue weighted by molar-refractivity contribution is -0.130. The highest BCUT2D eigenvalue weighted by atomic mass is 32.2. The van der Waals surface area contributed by atoms with E-state index in [1.54, 1.807) is 48.4 Å². The van der Waals surface area contributed by atoms with Crippen LogP contribution in [0.1, 0.15) is 17.5 Å². The van der Waals surface area contributed by atoms with Gasteiger partial charge in [-0.15, -0.1) is 0 Å². The molecule has 8 heteroatoms. The number of hydrogen-bond donors (Lipinski definition) is 1. The highest BCUT2D eigenvalue weighted by Crippen LogP contribution is 2.31. The van der Waals surface area contributed by atoms with E-state index in [1.807, 2.05) is 30.3 Å². The van der Waals surface area contributed by atoms with Crippen molar-refractivity contribution in [2.45, 2.75) is 24.6 Å². The molecule has 1 saturated heterocycles. The van der Waals surface area contributed by atoms with Crippen LogP contribution in [-0.2, 0) is 22.6 Å². The molecule has 0 bridgehead atoms. The number of carbonyl (C=O) groups excluding carboxylic acids is 2. The fourth-order valence-corrected chi connectivity index (χ4v) is 4.75. The summed E-state index contributed by atoms with van der Waals surface area (Å²) < 4.78 is 18.6. The largest absolute Gasteiger partial charge is 0.497 e. The highest BCUT2D eigenvalue weighted by Gasteiger charge is 2.35. The maximum atomic E-state index is 13.4. The second kappa shape index (κ2) is 11.7. The van der Waals surface area contributed by atoms with Gasteiger partial charge in [0.25, 0.3) is 0 Å². The van der Waals surface area contributed by atoms with Crippen LogP contribution in [0.2, 0.25) is 0 Å². The molecule has 1 unspecified atom stereocenters. The van der Waals surface area contributed by atoms with Crippen molar-refractivity contribution in [2.24, 2.45) is 4.99 Å². The molecule has 1 fully saturated rings. The van der Waals surface area contributed by atoms with Crippen molar-refractivity contribution < 1.29 is 18.7 Å². The molecule has 0 saturated carbocycles. The van der Waals surface area contributed by atoms with Gasteiger partial charge in [0, 0.05) is 13.0 Å². The van der Waals surface area contributed by atoms with Crippen molar-refractivity contribution in [3.8, 4) is 5.75 Å². The van der Waals surface area contributed by atoms with E-state index in [0.717, 1.165) is 11.1 Å². The van der Waals surface area contributed by atoms with E-state index in [4.69, 9.17) is 4.74 Å². The number of halogens is 1. The molecule has 2 amide bonds. The summed E-state index contributed by atoms with van der Waals surface area (Å²) in [6.07, 6.45) is 0.770. The molecule has 35 heavy (non-hydrogen) atoms. The Hall–Kier alpha value is -3.65. The zero-order chi connectivity index (χ0) is 24.6. The van der Waals surface area contributed by atoms with Crippen molar-refractivity contribution >= 4 is 34.4 Å². The highest BCUT2D eigenvalue weighted by molar-refractivity contribution is 8.15. The summed E-state index contributed by atoms with van der Waals surface area (Å²) in [4.78, 5) is 32.3. The second-order valence-corrected chi connectivity index (χ2v) is 9.21. The Bertz CT molecular complexity index is 1180. The van der Waals surface area contributed by atoms with Crippen molar-refractivity contribution in [1.82, 2.24) is 10.2 Å². The molecular weight excluding hydrogens is 465 g/mol. The van der Waals surface area contributed by atoms with Crippen LogP contribution in [-0.4, -0.2) is 40.8 Å². The first-order valence-electron chi connectivity index (χ1n) is 11.3. The van der Waals surface area contributed by atoms with E-state index in [-0.39, 0.29) is 30.6 Å². The molecule has 1 aliphatic heterocycles. The number of amidine groups is 1. The van der Waals surface area contributed by atoms with Crippen LogP contribution >= 0.6 is 11.8 Å². The van der Waals surface area contributed by atoms with Crippen LogP contribution in [0, 0.1) is 5.82 Å². The van der Waals surface area contributed by atoms with Gasteiger partial charge < -0.3 is 10.1 Å². The Morgan fingerprint density at radius 3 is 2.46 bits per heavy atom. The first-order valence-corrected chi connectivity index (χ1v) is 12.2. The summed E-state index contributed by atoms with van der Waals surface area (Å²) in [6, 6.07) is 23.0. The third-order valence-electron chi connectivity index (χ3n) is 5.54. The number of methoxy groups -OCH3 is 1. The van der Waals surface area contributed by atoms with Crippen LogP contribution < -0.4 is 10.1 Å². The number of rotatable bonds is 8. The van der Waals surface area contributed by atoms with E-state index in [9.17, 15) is 14.0 Å². The van der Waals surface area contributed by atoms with Gasteiger partial charge in [0.2, 0.25) is 11.8 Å². The molecule has 0 radical (unpaired) electrons. The topological polar surface area (TPSA) is 71.0 Å². The zero-order valence-corrected chi connectivity index (χ0v) is 20.1. The summed E-state index contributed by atoms with van der Waals surface area (Å²) in [5, 5.41) is 2.79. The Morgan fingerprint density at radius 1 is 1.06 bits per heavy atom. The van der Waals surface area contributed by atoms with Crippen LogP contribution in [0.3, 0.4) is 0 Å². The average molecular weight is 492 g/mol. The predicted molar refractivity (Wildman–Crippen MR) is 136 cm³/mol. The molecule has 3 aromatic carbocycles. The molecule has 1 atom stereocenters. The summed E-state index contributed by atoms with van der Waals surface area (Å²) in [5.41, 5.74) is 2.54. The molecule has 1 heterocycles. The first kappa shape index (κ1) is 24.5. The second-order valence-electron chi connectivity index (χ2n) is 8.04. The van der Waals surface area contributed by atoms with E-state index >= 15 is 0 Å². The standard InChI is InChI=1S/C27H26FN3O3S/c1-34-23-13-11-22(12-14-23)30-27-31(18-20-7-9-21(28)10-8-20)25(32)17-24(35-27)26(33)29-16-15-19-5-3-2-4-6-19/h2-14,24H,15-18H2,1H3,(H,29,33). The average Bonchev–Trinajstić information content (AvgIpc) is 2.88. The van der Waals surface area contributed by atoms with Gasteiger partial charge >= 0.3 is 0 Å². The first-order chi connectivity index (χ1) is 17.0. The number of carbonyl (C=O) groups is 2. The Labute approximate surface area is 208 Å². The van der Waals surface area contributed by atoms with E-state index < -0.39 is 5.25 Å². The molecule has 6 nitrogen and oxygen atoms in total.